The Morgan fingerprint density at radius 2 is 2.00 bits per heavy atom. The second-order valence-electron chi connectivity index (χ2n) is 5.29. The summed E-state index contributed by atoms with van der Waals surface area (Å²) in [6.07, 6.45) is 0.625. The fraction of sp³-hybridized carbons (Fsp3) is 0.500. The van der Waals surface area contributed by atoms with Crippen LogP contribution in [0.2, 0.25) is 0 Å². The zero-order valence-electron chi connectivity index (χ0n) is 11.9. The molecule has 1 fully saturated rings. The van der Waals surface area contributed by atoms with Crippen molar-refractivity contribution in [3.05, 3.63) is 35.9 Å². The third kappa shape index (κ3) is 4.44. The molecule has 0 saturated carbocycles. The first kappa shape index (κ1) is 15.8. The van der Waals surface area contributed by atoms with Gasteiger partial charge in [-0.2, -0.15) is 0 Å². The molecule has 1 heterocycles. The lowest BCUT2D eigenvalue weighted by Gasteiger charge is -2.25. The molecule has 1 aliphatic rings. The Kier molecular flexibility index (Phi) is 5.19. The predicted octanol–water partition coefficient (Wildman–Crippen LogP) is 0.637. The van der Waals surface area contributed by atoms with Gasteiger partial charge in [-0.15, -0.1) is 0 Å². The van der Waals surface area contributed by atoms with Crippen LogP contribution in [0.15, 0.2) is 35.5 Å². The predicted molar refractivity (Wildman–Crippen MR) is 82.3 cm³/mol. The lowest BCUT2D eigenvalue weighted by molar-refractivity contribution is 0.284. The topological polar surface area (TPSA) is 96.0 Å². The number of nitrogens with zero attached hydrogens (tertiary/aromatic N) is 2. The van der Waals surface area contributed by atoms with Crippen LogP contribution in [0.1, 0.15) is 17.9 Å². The van der Waals surface area contributed by atoms with E-state index < -0.39 is 9.84 Å². The maximum Gasteiger partial charge on any atom is 0.151 e. The fourth-order valence-corrected chi connectivity index (χ4v) is 3.87. The molecule has 1 aromatic carbocycles. The molecule has 0 bridgehead atoms. The minimum atomic E-state index is -2.93. The van der Waals surface area contributed by atoms with Crippen molar-refractivity contribution < 1.29 is 13.6 Å². The maximum absolute atomic E-state index is 11.6. The van der Waals surface area contributed by atoms with Crippen LogP contribution in [0.4, 0.5) is 0 Å². The molecule has 1 atom stereocenters. The molecule has 0 amide bonds. The Morgan fingerprint density at radius 1 is 1.29 bits per heavy atom. The van der Waals surface area contributed by atoms with Crippen molar-refractivity contribution in [3.8, 4) is 0 Å². The highest BCUT2D eigenvalue weighted by atomic mass is 32.2. The summed E-state index contributed by atoms with van der Waals surface area (Å²) in [6.45, 7) is 1.75. The quantitative estimate of drug-likeness (QED) is 0.368. The zero-order valence-corrected chi connectivity index (χ0v) is 12.7. The molecule has 0 spiro atoms. The summed E-state index contributed by atoms with van der Waals surface area (Å²) in [5.74, 6) is 0.318. The van der Waals surface area contributed by atoms with Crippen LogP contribution in [0.3, 0.4) is 0 Å². The van der Waals surface area contributed by atoms with Crippen LogP contribution < -0.4 is 5.73 Å². The third-order valence-electron chi connectivity index (χ3n) is 3.76. The van der Waals surface area contributed by atoms with Gasteiger partial charge in [-0.05, 0) is 18.5 Å². The number of nitrogens with two attached hydrogens (primary N) is 1. The Hall–Kier alpha value is -1.60. The highest BCUT2D eigenvalue weighted by Crippen LogP contribution is 2.18. The molecular weight excluding hydrogens is 290 g/mol. The second-order valence-corrected chi connectivity index (χ2v) is 7.60. The molecule has 1 saturated heterocycles. The van der Waals surface area contributed by atoms with Crippen LogP contribution in [0, 0.1) is 0 Å². The Labute approximate surface area is 125 Å². The maximum atomic E-state index is 11.6. The van der Waals surface area contributed by atoms with E-state index in [1.54, 1.807) is 0 Å². The van der Waals surface area contributed by atoms with E-state index >= 15 is 0 Å². The average Bonchev–Trinajstić information content (AvgIpc) is 2.66. The van der Waals surface area contributed by atoms with Gasteiger partial charge in [0, 0.05) is 13.1 Å². The van der Waals surface area contributed by atoms with Crippen LogP contribution in [0.5, 0.6) is 0 Å². The van der Waals surface area contributed by atoms with Crippen molar-refractivity contribution in [3.63, 3.8) is 0 Å². The van der Waals surface area contributed by atoms with E-state index in [9.17, 15) is 8.42 Å². The number of amidine groups is 1. The molecule has 1 aromatic rings. The molecule has 0 radical (unpaired) electrons. The molecule has 6 nitrogen and oxygen atoms in total. The van der Waals surface area contributed by atoms with Crippen molar-refractivity contribution >= 4 is 15.7 Å². The molecule has 1 unspecified atom stereocenters. The lowest BCUT2D eigenvalue weighted by Crippen LogP contribution is -2.36. The van der Waals surface area contributed by atoms with Gasteiger partial charge in [-0.1, -0.05) is 35.5 Å². The SMILES string of the molecule is N/C(=N/O)C(CN1CCCS(=O)(=O)CC1)c1ccccc1. The first-order chi connectivity index (χ1) is 10.0. The smallest absolute Gasteiger partial charge is 0.151 e. The molecule has 21 heavy (non-hydrogen) atoms. The summed E-state index contributed by atoms with van der Waals surface area (Å²) >= 11 is 0. The molecule has 3 N–H and O–H groups in total. The van der Waals surface area contributed by atoms with Crippen molar-refractivity contribution in [1.82, 2.24) is 4.90 Å². The summed E-state index contributed by atoms with van der Waals surface area (Å²) in [6, 6.07) is 9.57. The van der Waals surface area contributed by atoms with Crippen molar-refractivity contribution in [1.29, 1.82) is 0 Å². The minimum Gasteiger partial charge on any atom is -0.409 e. The van der Waals surface area contributed by atoms with Gasteiger partial charge >= 0.3 is 0 Å². The van der Waals surface area contributed by atoms with Crippen molar-refractivity contribution in [2.75, 3.05) is 31.1 Å². The first-order valence-corrected chi connectivity index (χ1v) is 8.79. The molecular formula is C14H21N3O3S. The van der Waals surface area contributed by atoms with Gasteiger partial charge in [0.05, 0.1) is 17.4 Å². The largest absolute Gasteiger partial charge is 0.409 e. The van der Waals surface area contributed by atoms with E-state index in [0.29, 0.717) is 26.1 Å². The molecule has 2 rings (SSSR count). The van der Waals surface area contributed by atoms with Gasteiger partial charge in [-0.25, -0.2) is 8.42 Å². The van der Waals surface area contributed by atoms with Crippen LogP contribution in [-0.2, 0) is 9.84 Å². The number of hydrogen-bond donors (Lipinski definition) is 2. The molecule has 1 aliphatic heterocycles. The van der Waals surface area contributed by atoms with Gasteiger partial charge in [0.25, 0.3) is 0 Å². The van der Waals surface area contributed by atoms with Gasteiger partial charge in [0.2, 0.25) is 0 Å². The van der Waals surface area contributed by atoms with Gasteiger partial charge in [0.15, 0.2) is 9.84 Å². The van der Waals surface area contributed by atoms with E-state index in [4.69, 9.17) is 10.9 Å². The summed E-state index contributed by atoms with van der Waals surface area (Å²) < 4.78 is 23.3. The van der Waals surface area contributed by atoms with Gasteiger partial charge < -0.3 is 15.8 Å². The van der Waals surface area contributed by atoms with E-state index in [-0.39, 0.29) is 23.3 Å². The van der Waals surface area contributed by atoms with E-state index in [1.807, 2.05) is 30.3 Å². The van der Waals surface area contributed by atoms with Crippen LogP contribution in [0.25, 0.3) is 0 Å². The molecule has 7 heteroatoms. The van der Waals surface area contributed by atoms with Gasteiger partial charge in [0.1, 0.15) is 5.84 Å². The van der Waals surface area contributed by atoms with E-state index in [1.165, 1.54) is 0 Å². The fourth-order valence-electron chi connectivity index (χ4n) is 2.56. The van der Waals surface area contributed by atoms with E-state index in [2.05, 4.69) is 10.1 Å². The number of sulfone groups is 1. The standard InChI is InChI=1S/C14H21N3O3S/c15-14(16-18)13(12-5-2-1-3-6-12)11-17-7-4-9-21(19,20)10-8-17/h1-3,5-6,13,18H,4,7-11H2,(H2,15,16). The van der Waals surface area contributed by atoms with Crippen molar-refractivity contribution in [2.24, 2.45) is 10.9 Å². The van der Waals surface area contributed by atoms with E-state index in [0.717, 1.165) is 5.56 Å². The first-order valence-electron chi connectivity index (χ1n) is 6.97. The summed E-state index contributed by atoms with van der Waals surface area (Å²) in [4.78, 5) is 2.07. The Morgan fingerprint density at radius 3 is 2.67 bits per heavy atom. The molecule has 0 aliphatic carbocycles. The van der Waals surface area contributed by atoms with Crippen LogP contribution in [-0.4, -0.2) is 55.5 Å². The second kappa shape index (κ2) is 6.91. The molecule has 0 aromatic heterocycles. The number of oxime groups is 1. The average molecular weight is 311 g/mol. The lowest BCUT2D eigenvalue weighted by atomic mass is 9.97. The number of hydrogen-bond acceptors (Lipinski definition) is 5. The monoisotopic (exact) mass is 311 g/mol. The summed E-state index contributed by atoms with van der Waals surface area (Å²) in [5.41, 5.74) is 6.77. The summed E-state index contributed by atoms with van der Waals surface area (Å²) in [5, 5.41) is 12.1. The number of benzene rings is 1. The zero-order chi connectivity index (χ0) is 15.3. The van der Waals surface area contributed by atoms with Crippen molar-refractivity contribution in [2.45, 2.75) is 12.3 Å². The Balaban J connectivity index is 2.13. The highest BCUT2D eigenvalue weighted by molar-refractivity contribution is 7.91. The Bertz CT molecular complexity index is 587. The normalized spacial score (nSPS) is 21.6. The molecule has 116 valence electrons. The highest BCUT2D eigenvalue weighted by Gasteiger charge is 2.24. The van der Waals surface area contributed by atoms with Crippen LogP contribution >= 0.6 is 0 Å². The third-order valence-corrected chi connectivity index (χ3v) is 5.48. The van der Waals surface area contributed by atoms with Gasteiger partial charge in [-0.3, -0.25) is 0 Å². The number of rotatable bonds is 4. The summed E-state index contributed by atoms with van der Waals surface area (Å²) in [7, 11) is -2.93. The minimum absolute atomic E-state index is 0.147.